The summed E-state index contributed by atoms with van der Waals surface area (Å²) in [6.45, 7) is 5.72. The number of pyridine rings is 1. The molecule has 2 aliphatic heterocycles. The molecular weight excluding hydrogens is 466 g/mol. The average molecular weight is 500 g/mol. The van der Waals surface area contributed by atoms with Crippen LogP contribution in [0.15, 0.2) is 41.4 Å². The van der Waals surface area contributed by atoms with Crippen LogP contribution in [0.4, 0.5) is 11.5 Å². The van der Waals surface area contributed by atoms with Crippen molar-refractivity contribution in [2.24, 2.45) is 17.6 Å². The zero-order valence-electron chi connectivity index (χ0n) is 20.2. The number of hydrogen-bond donors (Lipinski definition) is 2. The van der Waals surface area contributed by atoms with E-state index in [1.807, 2.05) is 24.0 Å². The largest absolute Gasteiger partial charge is 0.369 e. The van der Waals surface area contributed by atoms with Crippen molar-refractivity contribution in [2.45, 2.75) is 44.4 Å². The number of amides is 2. The van der Waals surface area contributed by atoms with Gasteiger partial charge in [0, 0.05) is 32.1 Å². The fourth-order valence-electron chi connectivity index (χ4n) is 4.90. The van der Waals surface area contributed by atoms with Crippen LogP contribution >= 0.6 is 0 Å². The van der Waals surface area contributed by atoms with Crippen molar-refractivity contribution in [1.82, 2.24) is 9.29 Å². The highest BCUT2D eigenvalue weighted by atomic mass is 32.2. The molecule has 0 spiro atoms. The van der Waals surface area contributed by atoms with Gasteiger partial charge in [-0.15, -0.1) is 0 Å². The highest BCUT2D eigenvalue weighted by Gasteiger charge is 2.33. The number of rotatable bonds is 6. The third-order valence-corrected chi connectivity index (χ3v) is 8.99. The number of aromatic nitrogens is 1. The molecule has 0 saturated carbocycles. The average Bonchev–Trinajstić information content (AvgIpc) is 2.84. The van der Waals surface area contributed by atoms with Gasteiger partial charge < -0.3 is 16.0 Å². The standard InChI is InChI=1S/C25H33N5O4S/c1-17-5-7-22(18(2)14-17)35(33,34)30-12-9-19(10-13-30)25(32)28-21-6-8-23(27-15-21)29-11-3-4-20(16-29)24(26)31/h5-8,14-15,19-20H,3-4,9-13,16H2,1-2H3,(H2,26,31)(H,28,32). The lowest BCUT2D eigenvalue weighted by atomic mass is 9.97. The van der Waals surface area contributed by atoms with Gasteiger partial charge >= 0.3 is 0 Å². The Morgan fingerprint density at radius 3 is 2.40 bits per heavy atom. The summed E-state index contributed by atoms with van der Waals surface area (Å²) >= 11 is 0. The smallest absolute Gasteiger partial charge is 0.243 e. The van der Waals surface area contributed by atoms with Gasteiger partial charge in [0.25, 0.3) is 0 Å². The third kappa shape index (κ3) is 5.65. The molecule has 1 aromatic carbocycles. The molecule has 1 unspecified atom stereocenters. The van der Waals surface area contributed by atoms with Crippen molar-refractivity contribution in [2.75, 3.05) is 36.4 Å². The van der Waals surface area contributed by atoms with E-state index in [1.54, 1.807) is 31.3 Å². The molecule has 10 heteroatoms. The molecule has 9 nitrogen and oxygen atoms in total. The first kappa shape index (κ1) is 25.1. The van der Waals surface area contributed by atoms with E-state index in [1.165, 1.54) is 4.31 Å². The lowest BCUT2D eigenvalue weighted by Crippen LogP contribution is -2.41. The van der Waals surface area contributed by atoms with Gasteiger partial charge in [0.2, 0.25) is 21.8 Å². The molecule has 2 amide bonds. The first-order chi connectivity index (χ1) is 16.6. The zero-order chi connectivity index (χ0) is 25.2. The predicted octanol–water partition coefficient (Wildman–Crippen LogP) is 2.44. The van der Waals surface area contributed by atoms with Gasteiger partial charge in [0.1, 0.15) is 5.82 Å². The minimum Gasteiger partial charge on any atom is -0.369 e. The predicted molar refractivity (Wildman–Crippen MR) is 134 cm³/mol. The van der Waals surface area contributed by atoms with Crippen LogP contribution in [0.5, 0.6) is 0 Å². The Labute approximate surface area is 206 Å². The van der Waals surface area contributed by atoms with Gasteiger partial charge in [-0.25, -0.2) is 13.4 Å². The number of benzene rings is 1. The second kappa shape index (κ2) is 10.3. The van der Waals surface area contributed by atoms with Gasteiger partial charge in [-0.2, -0.15) is 4.31 Å². The number of piperidine rings is 2. The quantitative estimate of drug-likeness (QED) is 0.629. The summed E-state index contributed by atoms with van der Waals surface area (Å²) in [7, 11) is -3.58. The van der Waals surface area contributed by atoms with Crippen LogP contribution in [0.25, 0.3) is 0 Å². The van der Waals surface area contributed by atoms with E-state index in [2.05, 4.69) is 10.3 Å². The summed E-state index contributed by atoms with van der Waals surface area (Å²) in [4.78, 5) is 31.2. The van der Waals surface area contributed by atoms with Gasteiger partial charge in [-0.3, -0.25) is 9.59 Å². The lowest BCUT2D eigenvalue weighted by molar-refractivity contribution is -0.122. The minimum atomic E-state index is -3.58. The van der Waals surface area contributed by atoms with Crippen molar-refractivity contribution in [3.8, 4) is 0 Å². The fraction of sp³-hybridized carbons (Fsp3) is 0.480. The summed E-state index contributed by atoms with van der Waals surface area (Å²) in [5.41, 5.74) is 7.80. The first-order valence-electron chi connectivity index (χ1n) is 12.0. The van der Waals surface area contributed by atoms with Crippen LogP contribution in [-0.2, 0) is 19.6 Å². The maximum Gasteiger partial charge on any atom is 0.243 e. The van der Waals surface area contributed by atoms with E-state index in [9.17, 15) is 18.0 Å². The number of nitrogens with zero attached hydrogens (tertiary/aromatic N) is 3. The van der Waals surface area contributed by atoms with Crippen LogP contribution in [0.1, 0.15) is 36.8 Å². The number of anilines is 2. The molecule has 2 fully saturated rings. The molecule has 0 bridgehead atoms. The van der Waals surface area contributed by atoms with Gasteiger partial charge in [-0.05, 0) is 63.3 Å². The van der Waals surface area contributed by atoms with E-state index in [0.29, 0.717) is 43.1 Å². The number of nitrogens with one attached hydrogen (secondary N) is 1. The van der Waals surface area contributed by atoms with Gasteiger partial charge in [-0.1, -0.05) is 17.7 Å². The first-order valence-corrected chi connectivity index (χ1v) is 13.5. The Balaban J connectivity index is 1.32. The molecule has 2 aromatic rings. The van der Waals surface area contributed by atoms with Crippen molar-refractivity contribution in [3.05, 3.63) is 47.7 Å². The van der Waals surface area contributed by atoms with E-state index in [0.717, 1.165) is 36.3 Å². The Bertz CT molecular complexity index is 1190. The van der Waals surface area contributed by atoms with E-state index in [4.69, 9.17) is 5.73 Å². The number of aryl methyl sites for hydroxylation is 2. The normalized spacial score (nSPS) is 19.9. The van der Waals surface area contributed by atoms with E-state index < -0.39 is 10.0 Å². The molecule has 4 rings (SSSR count). The number of primary amides is 1. The summed E-state index contributed by atoms with van der Waals surface area (Å²) in [6.07, 6.45) is 4.21. The van der Waals surface area contributed by atoms with E-state index >= 15 is 0 Å². The van der Waals surface area contributed by atoms with Crippen molar-refractivity contribution in [1.29, 1.82) is 0 Å². The minimum absolute atomic E-state index is 0.130. The lowest BCUT2D eigenvalue weighted by Gasteiger charge is -2.32. The SMILES string of the molecule is Cc1ccc(S(=O)(=O)N2CCC(C(=O)Nc3ccc(N4CCCC(C(N)=O)C4)nc3)CC2)c(C)c1. The summed E-state index contributed by atoms with van der Waals surface area (Å²) < 4.78 is 27.7. The Morgan fingerprint density at radius 1 is 1.03 bits per heavy atom. The van der Waals surface area contributed by atoms with Crippen LogP contribution in [0.3, 0.4) is 0 Å². The molecule has 3 heterocycles. The molecule has 2 saturated heterocycles. The Kier molecular flexibility index (Phi) is 7.42. The second-order valence-electron chi connectivity index (χ2n) is 9.53. The molecule has 1 aromatic heterocycles. The third-order valence-electron chi connectivity index (χ3n) is 6.94. The highest BCUT2D eigenvalue weighted by molar-refractivity contribution is 7.89. The van der Waals surface area contributed by atoms with Crippen LogP contribution in [-0.4, -0.2) is 55.7 Å². The molecular formula is C25H33N5O4S. The molecule has 3 N–H and O–H groups in total. The molecule has 0 radical (unpaired) electrons. The molecule has 35 heavy (non-hydrogen) atoms. The van der Waals surface area contributed by atoms with Gasteiger partial charge in [0.05, 0.1) is 22.7 Å². The number of sulfonamides is 1. The Hall–Kier alpha value is -2.98. The number of hydrogen-bond acceptors (Lipinski definition) is 6. The number of carbonyl (C=O) groups excluding carboxylic acids is 2. The highest BCUT2D eigenvalue weighted by Crippen LogP contribution is 2.27. The monoisotopic (exact) mass is 499 g/mol. The number of nitrogens with two attached hydrogens (primary N) is 1. The topological polar surface area (TPSA) is 126 Å². The summed E-state index contributed by atoms with van der Waals surface area (Å²) in [5, 5.41) is 2.91. The van der Waals surface area contributed by atoms with Crippen LogP contribution in [0, 0.1) is 25.7 Å². The van der Waals surface area contributed by atoms with Crippen LogP contribution in [0.2, 0.25) is 0 Å². The molecule has 188 valence electrons. The van der Waals surface area contributed by atoms with E-state index in [-0.39, 0.29) is 23.7 Å². The van der Waals surface area contributed by atoms with Gasteiger partial charge in [0.15, 0.2) is 0 Å². The Morgan fingerprint density at radius 2 is 1.77 bits per heavy atom. The number of carbonyl (C=O) groups is 2. The molecule has 1 atom stereocenters. The summed E-state index contributed by atoms with van der Waals surface area (Å²) in [5.74, 6) is -0.103. The maximum absolute atomic E-state index is 13.1. The molecule has 2 aliphatic rings. The summed E-state index contributed by atoms with van der Waals surface area (Å²) in [6, 6.07) is 8.97. The maximum atomic E-state index is 13.1. The zero-order valence-corrected chi connectivity index (χ0v) is 21.1. The van der Waals surface area contributed by atoms with Crippen LogP contribution < -0.4 is 16.0 Å². The molecule has 0 aliphatic carbocycles. The van der Waals surface area contributed by atoms with Crippen molar-refractivity contribution >= 4 is 33.3 Å². The van der Waals surface area contributed by atoms with Crippen molar-refractivity contribution in [3.63, 3.8) is 0 Å². The second-order valence-corrected chi connectivity index (χ2v) is 11.4. The fourth-order valence-corrected chi connectivity index (χ4v) is 6.57. The van der Waals surface area contributed by atoms with Crippen molar-refractivity contribution < 1.29 is 18.0 Å².